The van der Waals surface area contributed by atoms with Gasteiger partial charge in [-0.2, -0.15) is 0 Å². The van der Waals surface area contributed by atoms with Gasteiger partial charge in [0.25, 0.3) is 0 Å². The van der Waals surface area contributed by atoms with Crippen LogP contribution in [0.4, 0.5) is 0 Å². The van der Waals surface area contributed by atoms with Crippen LogP contribution in [0.1, 0.15) is 56.6 Å². The summed E-state index contributed by atoms with van der Waals surface area (Å²) in [7, 11) is 0. The van der Waals surface area contributed by atoms with Gasteiger partial charge < -0.3 is 26.4 Å². The number of ketones is 1. The van der Waals surface area contributed by atoms with Gasteiger partial charge in [0, 0.05) is 31.7 Å². The Kier molecular flexibility index (Phi) is 12.5. The smallest absolute Gasteiger partial charge is 0.326 e. The third kappa shape index (κ3) is 10.8. The molecule has 1 fully saturated rings. The van der Waals surface area contributed by atoms with E-state index in [-0.39, 0.29) is 49.8 Å². The summed E-state index contributed by atoms with van der Waals surface area (Å²) in [6.45, 7) is 2.46. The molecular formula is C31H40N4O6. The molecule has 0 radical (unpaired) electrons. The summed E-state index contributed by atoms with van der Waals surface area (Å²) < 4.78 is 0. The lowest BCUT2D eigenvalue weighted by Crippen LogP contribution is -2.54. The highest BCUT2D eigenvalue weighted by atomic mass is 16.4. The van der Waals surface area contributed by atoms with Crippen molar-refractivity contribution in [1.29, 1.82) is 0 Å². The molecule has 1 saturated heterocycles. The molecule has 10 heteroatoms. The van der Waals surface area contributed by atoms with Crippen molar-refractivity contribution < 1.29 is 29.1 Å². The Morgan fingerprint density at radius 1 is 0.878 bits per heavy atom. The molecule has 3 amide bonds. The predicted octanol–water partition coefficient (Wildman–Crippen LogP) is 1.91. The van der Waals surface area contributed by atoms with Gasteiger partial charge in [-0.15, -0.1) is 0 Å². The maximum Gasteiger partial charge on any atom is 0.326 e. The molecule has 1 aliphatic rings. The van der Waals surface area contributed by atoms with Crippen LogP contribution in [0, 0.1) is 0 Å². The Bertz CT molecular complexity index is 1170. The number of hydrogen-bond donors (Lipinski definition) is 5. The Hall–Kier alpha value is -4.05. The van der Waals surface area contributed by atoms with Crippen LogP contribution in [0.3, 0.4) is 0 Å². The fourth-order valence-corrected chi connectivity index (χ4v) is 4.83. The van der Waals surface area contributed by atoms with Crippen LogP contribution < -0.4 is 21.3 Å². The van der Waals surface area contributed by atoms with Crippen LogP contribution in [0.15, 0.2) is 60.7 Å². The molecule has 2 aromatic carbocycles. The van der Waals surface area contributed by atoms with Crippen molar-refractivity contribution in [3.05, 3.63) is 71.8 Å². The summed E-state index contributed by atoms with van der Waals surface area (Å²) in [6, 6.07) is 15.4. The van der Waals surface area contributed by atoms with Crippen molar-refractivity contribution in [1.82, 2.24) is 21.3 Å². The lowest BCUT2D eigenvalue weighted by molar-refractivity contribution is -0.142. The molecule has 0 aliphatic carbocycles. The highest BCUT2D eigenvalue weighted by molar-refractivity contribution is 5.91. The number of benzene rings is 2. The standard InChI is InChI=1S/C31H40N4O6/c1-2-24(36)15-16-26(31(40)41)35-30(39)27(19-22-12-7-4-8-13-22)34-28(37)20-23(18-21-10-5-3-6-11-21)33-29(38)25-14-9-17-32-25/h3-8,10-13,23,25-27,32H,2,9,14-20H2,1H3,(H,33,38)(H,34,37)(H,35,39)(H,40,41). The van der Waals surface area contributed by atoms with E-state index in [1.807, 2.05) is 60.7 Å². The fourth-order valence-electron chi connectivity index (χ4n) is 4.83. The molecule has 4 unspecified atom stereocenters. The van der Waals surface area contributed by atoms with Crippen molar-refractivity contribution in [2.24, 2.45) is 0 Å². The van der Waals surface area contributed by atoms with Gasteiger partial charge in [0.15, 0.2) is 0 Å². The molecule has 41 heavy (non-hydrogen) atoms. The van der Waals surface area contributed by atoms with E-state index in [0.29, 0.717) is 6.42 Å². The summed E-state index contributed by atoms with van der Waals surface area (Å²) in [5, 5.41) is 21.1. The van der Waals surface area contributed by atoms with Crippen molar-refractivity contribution in [2.45, 2.75) is 82.5 Å². The summed E-state index contributed by atoms with van der Waals surface area (Å²) >= 11 is 0. The van der Waals surface area contributed by atoms with Gasteiger partial charge in [0.05, 0.1) is 6.04 Å². The SMILES string of the molecule is CCC(=O)CCC(NC(=O)C(Cc1ccccc1)NC(=O)CC(Cc1ccccc1)NC(=O)C1CCCN1)C(=O)O. The van der Waals surface area contributed by atoms with E-state index in [2.05, 4.69) is 21.3 Å². The van der Waals surface area contributed by atoms with Crippen molar-refractivity contribution >= 4 is 29.5 Å². The Balaban J connectivity index is 1.72. The number of carboxylic acids is 1. The minimum Gasteiger partial charge on any atom is -0.480 e. The number of aliphatic carboxylic acids is 1. The first kappa shape index (κ1) is 31.5. The second kappa shape index (κ2) is 16.3. The third-order valence-electron chi connectivity index (χ3n) is 7.14. The minimum atomic E-state index is -1.27. The van der Waals surface area contributed by atoms with E-state index in [0.717, 1.165) is 30.5 Å². The first-order valence-corrected chi connectivity index (χ1v) is 14.2. The van der Waals surface area contributed by atoms with Crippen molar-refractivity contribution in [3.63, 3.8) is 0 Å². The number of carboxylic acid groups (broad SMARTS) is 1. The van der Waals surface area contributed by atoms with Crippen LogP contribution in [0.2, 0.25) is 0 Å². The molecule has 2 aromatic rings. The molecule has 1 heterocycles. The summed E-state index contributed by atoms with van der Waals surface area (Å²) in [4.78, 5) is 63.0. The molecular weight excluding hydrogens is 524 g/mol. The van der Waals surface area contributed by atoms with Gasteiger partial charge in [0.2, 0.25) is 17.7 Å². The van der Waals surface area contributed by atoms with Crippen LogP contribution in [0.5, 0.6) is 0 Å². The van der Waals surface area contributed by atoms with Crippen molar-refractivity contribution in [2.75, 3.05) is 6.54 Å². The summed E-state index contributed by atoms with van der Waals surface area (Å²) in [5.41, 5.74) is 1.73. The third-order valence-corrected chi connectivity index (χ3v) is 7.14. The van der Waals surface area contributed by atoms with E-state index in [9.17, 15) is 29.1 Å². The summed E-state index contributed by atoms with van der Waals surface area (Å²) in [6.07, 6.45) is 2.39. The Morgan fingerprint density at radius 2 is 1.51 bits per heavy atom. The van der Waals surface area contributed by atoms with E-state index >= 15 is 0 Å². The molecule has 4 atom stereocenters. The number of carbonyl (C=O) groups excluding carboxylic acids is 4. The van der Waals surface area contributed by atoms with Crippen LogP contribution in [-0.4, -0.2) is 65.3 Å². The van der Waals surface area contributed by atoms with E-state index < -0.39 is 35.9 Å². The van der Waals surface area contributed by atoms with Gasteiger partial charge in [-0.25, -0.2) is 4.79 Å². The predicted molar refractivity (Wildman–Crippen MR) is 154 cm³/mol. The van der Waals surface area contributed by atoms with Gasteiger partial charge in [-0.1, -0.05) is 67.6 Å². The van der Waals surface area contributed by atoms with E-state index in [1.54, 1.807) is 6.92 Å². The molecule has 0 saturated carbocycles. The zero-order chi connectivity index (χ0) is 29.6. The molecule has 1 aliphatic heterocycles. The molecule has 0 spiro atoms. The quantitative estimate of drug-likeness (QED) is 0.209. The zero-order valence-electron chi connectivity index (χ0n) is 23.4. The first-order valence-electron chi connectivity index (χ1n) is 14.2. The van der Waals surface area contributed by atoms with E-state index in [1.165, 1.54) is 0 Å². The maximum atomic E-state index is 13.3. The van der Waals surface area contributed by atoms with Gasteiger partial charge in [-0.3, -0.25) is 19.2 Å². The lowest BCUT2D eigenvalue weighted by atomic mass is 10.0. The fraction of sp³-hybridized carbons (Fsp3) is 0.452. The molecule has 220 valence electrons. The van der Waals surface area contributed by atoms with Gasteiger partial charge in [0.1, 0.15) is 17.9 Å². The molecule has 3 rings (SSSR count). The average molecular weight is 565 g/mol. The monoisotopic (exact) mass is 564 g/mol. The Morgan fingerprint density at radius 3 is 2.07 bits per heavy atom. The van der Waals surface area contributed by atoms with Crippen LogP contribution >= 0.6 is 0 Å². The number of hydrogen-bond acceptors (Lipinski definition) is 6. The van der Waals surface area contributed by atoms with Gasteiger partial charge in [-0.05, 0) is 43.4 Å². The first-order chi connectivity index (χ1) is 19.7. The zero-order valence-corrected chi connectivity index (χ0v) is 23.4. The maximum absolute atomic E-state index is 13.3. The molecule has 10 nitrogen and oxygen atoms in total. The van der Waals surface area contributed by atoms with Crippen LogP contribution in [-0.2, 0) is 36.8 Å². The molecule has 5 N–H and O–H groups in total. The Labute approximate surface area is 240 Å². The highest BCUT2D eigenvalue weighted by Crippen LogP contribution is 2.11. The lowest BCUT2D eigenvalue weighted by Gasteiger charge is -2.24. The van der Waals surface area contributed by atoms with Crippen LogP contribution in [0.25, 0.3) is 0 Å². The number of rotatable bonds is 16. The van der Waals surface area contributed by atoms with Gasteiger partial charge >= 0.3 is 5.97 Å². The normalized spacial score (nSPS) is 16.7. The molecule has 0 bridgehead atoms. The topological polar surface area (TPSA) is 154 Å². The highest BCUT2D eigenvalue weighted by Gasteiger charge is 2.29. The number of carbonyl (C=O) groups is 5. The van der Waals surface area contributed by atoms with Crippen molar-refractivity contribution in [3.8, 4) is 0 Å². The number of nitrogens with one attached hydrogen (secondary N) is 4. The number of amides is 3. The second-order valence-electron chi connectivity index (χ2n) is 10.4. The van der Waals surface area contributed by atoms with E-state index in [4.69, 9.17) is 0 Å². The average Bonchev–Trinajstić information content (AvgIpc) is 3.51. The minimum absolute atomic E-state index is 0.0279. The molecule has 0 aromatic heterocycles. The summed E-state index contributed by atoms with van der Waals surface area (Å²) in [5.74, 6) is -2.62. The number of Topliss-reactive ketones (excluding diaryl/α,β-unsaturated/α-hetero) is 1. The second-order valence-corrected chi connectivity index (χ2v) is 10.4. The largest absolute Gasteiger partial charge is 0.480 e.